The molecule has 0 aliphatic carbocycles. The van der Waals surface area contributed by atoms with Crippen LogP contribution in [0.15, 0.2) is 34.7 Å². The monoisotopic (exact) mass is 532 g/mol. The Morgan fingerprint density at radius 2 is 1.33 bits per heavy atom. The molecule has 0 radical (unpaired) electrons. The van der Waals surface area contributed by atoms with E-state index >= 15 is 0 Å². The van der Waals surface area contributed by atoms with Crippen LogP contribution in [0.25, 0.3) is 22.3 Å². The molecule has 1 aliphatic rings. The van der Waals surface area contributed by atoms with Gasteiger partial charge in [-0.05, 0) is 87.9 Å². The number of benzene rings is 2. The van der Waals surface area contributed by atoms with Crippen LogP contribution in [0.1, 0.15) is 133 Å². The Kier molecular flexibility index (Phi) is 10.8. The van der Waals surface area contributed by atoms with Gasteiger partial charge in [0.05, 0.1) is 0 Å². The van der Waals surface area contributed by atoms with E-state index in [0.29, 0.717) is 0 Å². The third kappa shape index (κ3) is 7.83. The largest absolute Gasteiger partial charge is 0.508 e. The van der Waals surface area contributed by atoms with E-state index in [4.69, 9.17) is 9.15 Å². The van der Waals surface area contributed by atoms with Crippen molar-refractivity contribution in [3.8, 4) is 22.8 Å². The van der Waals surface area contributed by atoms with E-state index in [2.05, 4.69) is 33.8 Å². The van der Waals surface area contributed by atoms with Gasteiger partial charge in [-0.2, -0.15) is 0 Å². The van der Waals surface area contributed by atoms with Crippen molar-refractivity contribution >= 4 is 11.0 Å². The molecule has 0 spiro atoms. The average Bonchev–Trinajstić information content (AvgIpc) is 3.38. The lowest BCUT2D eigenvalue weighted by Crippen LogP contribution is -2.36. The Morgan fingerprint density at radius 1 is 0.769 bits per heavy atom. The minimum atomic E-state index is -0.0848. The molecule has 1 atom stereocenters. The van der Waals surface area contributed by atoms with Crippen LogP contribution < -0.4 is 4.74 Å². The molecular formula is C36H52O3. The summed E-state index contributed by atoms with van der Waals surface area (Å²) < 4.78 is 13.2. The normalized spacial score (nSPS) is 16.9. The molecule has 39 heavy (non-hydrogen) atoms. The number of unbranched alkanes of at least 4 members (excludes halogenated alkanes) is 13. The maximum atomic E-state index is 9.66. The maximum Gasteiger partial charge on any atom is 0.138 e. The van der Waals surface area contributed by atoms with Gasteiger partial charge in [0.1, 0.15) is 28.4 Å². The Morgan fingerprint density at radius 3 is 1.92 bits per heavy atom. The zero-order valence-corrected chi connectivity index (χ0v) is 25.2. The lowest BCUT2D eigenvalue weighted by atomic mass is 9.85. The second-order valence-electron chi connectivity index (χ2n) is 12.4. The van der Waals surface area contributed by atoms with E-state index in [-0.39, 0.29) is 11.4 Å². The van der Waals surface area contributed by atoms with Gasteiger partial charge in [-0.15, -0.1) is 0 Å². The van der Waals surface area contributed by atoms with Crippen molar-refractivity contribution in [1.82, 2.24) is 0 Å². The fourth-order valence-electron chi connectivity index (χ4n) is 6.29. The average molecular weight is 533 g/mol. The van der Waals surface area contributed by atoms with Crippen LogP contribution in [-0.4, -0.2) is 10.7 Å². The summed E-state index contributed by atoms with van der Waals surface area (Å²) in [6.07, 6.45) is 22.7. The van der Waals surface area contributed by atoms with Crippen molar-refractivity contribution in [2.45, 2.75) is 142 Å². The fourth-order valence-corrected chi connectivity index (χ4v) is 6.29. The topological polar surface area (TPSA) is 42.6 Å². The number of furan rings is 1. The number of hydrogen-bond donors (Lipinski definition) is 1. The highest BCUT2D eigenvalue weighted by Gasteiger charge is 2.34. The number of rotatable bonds is 16. The Hall–Kier alpha value is -2.42. The fraction of sp³-hybridized carbons (Fsp3) is 0.611. The van der Waals surface area contributed by atoms with Gasteiger partial charge in [0.25, 0.3) is 0 Å². The summed E-state index contributed by atoms with van der Waals surface area (Å²) in [5.74, 6) is 2.19. The molecule has 0 saturated carbocycles. The number of fused-ring (bicyclic) bond motifs is 3. The van der Waals surface area contributed by atoms with Gasteiger partial charge in [0.15, 0.2) is 0 Å². The predicted molar refractivity (Wildman–Crippen MR) is 165 cm³/mol. The van der Waals surface area contributed by atoms with E-state index in [0.717, 1.165) is 47.5 Å². The van der Waals surface area contributed by atoms with Gasteiger partial charge in [-0.25, -0.2) is 0 Å². The first-order valence-electron chi connectivity index (χ1n) is 16.0. The molecule has 3 nitrogen and oxygen atoms in total. The van der Waals surface area contributed by atoms with Crippen molar-refractivity contribution in [3.05, 3.63) is 47.0 Å². The van der Waals surface area contributed by atoms with E-state index in [9.17, 15) is 5.11 Å². The summed E-state index contributed by atoms with van der Waals surface area (Å²) >= 11 is 0. The van der Waals surface area contributed by atoms with Crippen LogP contribution in [-0.2, 0) is 6.42 Å². The molecule has 3 aromatic rings. The Labute approximate surface area is 237 Å². The molecule has 2 heterocycles. The first-order chi connectivity index (χ1) is 18.9. The lowest BCUT2D eigenvalue weighted by molar-refractivity contribution is 0.0530. The highest BCUT2D eigenvalue weighted by atomic mass is 16.5. The molecule has 0 fully saturated rings. The van der Waals surface area contributed by atoms with Gasteiger partial charge in [-0.3, -0.25) is 0 Å². The number of aryl methyl sites for hydroxylation is 2. The Bertz CT molecular complexity index is 1170. The van der Waals surface area contributed by atoms with Crippen LogP contribution in [0.2, 0.25) is 0 Å². The molecule has 2 aromatic carbocycles. The van der Waals surface area contributed by atoms with Gasteiger partial charge >= 0.3 is 0 Å². The van der Waals surface area contributed by atoms with Crippen molar-refractivity contribution in [1.29, 1.82) is 0 Å². The standard InChI is InChI=1S/C36H52O3/c1-5-6-7-8-9-10-11-12-13-14-15-16-17-18-24-36(4)25-23-31-32-26-33(29-19-21-30(37)22-20-29)38-34(32)27(2)28(3)35(31)39-36/h19-22,26,37H,5-18,23-25H2,1-4H3. The van der Waals surface area contributed by atoms with Crippen molar-refractivity contribution in [2.75, 3.05) is 0 Å². The predicted octanol–water partition coefficient (Wildman–Crippen LogP) is 11.4. The first-order valence-corrected chi connectivity index (χ1v) is 16.0. The third-order valence-electron chi connectivity index (χ3n) is 9.04. The number of phenolic OH excluding ortho intramolecular Hbond substituents is 1. The molecule has 1 aliphatic heterocycles. The molecule has 4 rings (SSSR count). The molecule has 1 aromatic heterocycles. The number of phenols is 1. The van der Waals surface area contributed by atoms with Crippen LogP contribution >= 0.6 is 0 Å². The highest BCUT2D eigenvalue weighted by molar-refractivity contribution is 5.91. The molecule has 1 N–H and O–H groups in total. The second-order valence-corrected chi connectivity index (χ2v) is 12.4. The van der Waals surface area contributed by atoms with Crippen LogP contribution in [0.4, 0.5) is 0 Å². The zero-order chi connectivity index (χ0) is 27.7. The minimum absolute atomic E-state index is 0.0848. The summed E-state index contributed by atoms with van der Waals surface area (Å²) in [4.78, 5) is 0. The van der Waals surface area contributed by atoms with Gasteiger partial charge in [-0.1, -0.05) is 90.4 Å². The minimum Gasteiger partial charge on any atom is -0.508 e. The summed E-state index contributed by atoms with van der Waals surface area (Å²) in [7, 11) is 0. The van der Waals surface area contributed by atoms with Crippen LogP contribution in [0.3, 0.4) is 0 Å². The van der Waals surface area contributed by atoms with Gasteiger partial charge in [0.2, 0.25) is 0 Å². The van der Waals surface area contributed by atoms with Crippen molar-refractivity contribution in [3.63, 3.8) is 0 Å². The molecule has 3 heteroatoms. The van der Waals surface area contributed by atoms with E-state index < -0.39 is 0 Å². The first kappa shape index (κ1) is 29.6. The van der Waals surface area contributed by atoms with E-state index in [1.165, 1.54) is 106 Å². The maximum absolute atomic E-state index is 9.66. The summed E-state index contributed by atoms with van der Waals surface area (Å²) in [5.41, 5.74) is 5.52. The van der Waals surface area contributed by atoms with Crippen LogP contribution in [0, 0.1) is 13.8 Å². The number of ether oxygens (including phenoxy) is 1. The molecule has 1 unspecified atom stereocenters. The van der Waals surface area contributed by atoms with Gasteiger partial charge in [0, 0.05) is 16.5 Å². The lowest BCUT2D eigenvalue weighted by Gasteiger charge is -2.37. The summed E-state index contributed by atoms with van der Waals surface area (Å²) in [6.45, 7) is 8.92. The molecular weight excluding hydrogens is 480 g/mol. The highest BCUT2D eigenvalue weighted by Crippen LogP contribution is 2.45. The number of aromatic hydroxyl groups is 1. The molecule has 0 bridgehead atoms. The smallest absolute Gasteiger partial charge is 0.138 e. The summed E-state index contributed by atoms with van der Waals surface area (Å²) in [6, 6.07) is 9.40. The number of hydrogen-bond acceptors (Lipinski definition) is 3. The van der Waals surface area contributed by atoms with Gasteiger partial charge < -0.3 is 14.3 Å². The second kappa shape index (κ2) is 14.3. The van der Waals surface area contributed by atoms with Crippen molar-refractivity contribution < 1.29 is 14.3 Å². The van der Waals surface area contributed by atoms with E-state index in [1.807, 2.05) is 12.1 Å². The quantitative estimate of drug-likeness (QED) is 0.187. The third-order valence-corrected chi connectivity index (χ3v) is 9.04. The molecule has 214 valence electrons. The summed E-state index contributed by atoms with van der Waals surface area (Å²) in [5, 5.41) is 10.8. The Balaban J connectivity index is 1.22. The van der Waals surface area contributed by atoms with E-state index in [1.54, 1.807) is 12.1 Å². The zero-order valence-electron chi connectivity index (χ0n) is 25.2. The molecule has 0 amide bonds. The SMILES string of the molecule is CCCCCCCCCCCCCCCCC1(C)CCc2c(c(C)c(C)c3oc(-c4ccc(O)cc4)cc23)O1. The molecule has 0 saturated heterocycles. The van der Waals surface area contributed by atoms with Crippen molar-refractivity contribution in [2.24, 2.45) is 0 Å². The van der Waals surface area contributed by atoms with Crippen LogP contribution in [0.5, 0.6) is 11.5 Å².